The van der Waals surface area contributed by atoms with Gasteiger partial charge in [0.25, 0.3) is 0 Å². The first-order valence-electron chi connectivity index (χ1n) is 13.0. The summed E-state index contributed by atoms with van der Waals surface area (Å²) in [6.07, 6.45) is -16.0. The van der Waals surface area contributed by atoms with Crippen molar-refractivity contribution in [3.8, 4) is 23.0 Å². The second kappa shape index (κ2) is 11.7. The third-order valence-electron chi connectivity index (χ3n) is 7.42. The number of benzene rings is 2. The van der Waals surface area contributed by atoms with E-state index >= 15 is 0 Å². The van der Waals surface area contributed by atoms with Crippen LogP contribution in [0.3, 0.4) is 0 Å². The Bertz CT molecular complexity index is 1240. The molecule has 0 unspecified atom stereocenters. The van der Waals surface area contributed by atoms with Crippen LogP contribution in [-0.2, 0) is 14.2 Å². The molecule has 0 radical (unpaired) electrons. The number of ketones is 1. The van der Waals surface area contributed by atoms with Gasteiger partial charge in [-0.1, -0.05) is 12.1 Å². The van der Waals surface area contributed by atoms with E-state index in [4.69, 9.17) is 23.7 Å². The molecular weight excluding hydrogens is 548 g/mol. The Labute approximate surface area is 233 Å². The molecule has 2 fully saturated rings. The van der Waals surface area contributed by atoms with Crippen molar-refractivity contribution in [1.29, 1.82) is 0 Å². The predicted octanol–water partition coefficient (Wildman–Crippen LogP) is -1.17. The van der Waals surface area contributed by atoms with Crippen molar-refractivity contribution in [2.45, 2.75) is 80.9 Å². The monoisotopic (exact) mass is 580 g/mol. The molecule has 5 rings (SSSR count). The van der Waals surface area contributed by atoms with Gasteiger partial charge in [0.2, 0.25) is 6.29 Å². The summed E-state index contributed by atoms with van der Waals surface area (Å²) in [6, 6.07) is 8.50. The number of hydrogen-bond donors (Lipinski definition) is 8. The lowest BCUT2D eigenvalue weighted by Gasteiger charge is -2.45. The van der Waals surface area contributed by atoms with Crippen molar-refractivity contribution >= 4 is 5.78 Å². The molecule has 41 heavy (non-hydrogen) atoms. The zero-order chi connectivity index (χ0) is 29.6. The van der Waals surface area contributed by atoms with E-state index in [9.17, 15) is 45.6 Å². The quantitative estimate of drug-likeness (QED) is 0.202. The third-order valence-corrected chi connectivity index (χ3v) is 7.42. The maximum absolute atomic E-state index is 12.9. The van der Waals surface area contributed by atoms with Crippen molar-refractivity contribution in [2.75, 3.05) is 6.61 Å². The number of aromatic hydroxyl groups is 2. The normalized spacial score (nSPS) is 37.2. The Morgan fingerprint density at radius 2 is 1.59 bits per heavy atom. The van der Waals surface area contributed by atoms with Gasteiger partial charge in [-0.25, -0.2) is 0 Å². The Morgan fingerprint density at radius 3 is 2.27 bits per heavy atom. The Balaban J connectivity index is 1.41. The molecule has 3 aliphatic heterocycles. The number of fused-ring (bicyclic) bond motifs is 1. The fourth-order valence-electron chi connectivity index (χ4n) is 5.07. The van der Waals surface area contributed by atoms with Crippen LogP contribution in [0.2, 0.25) is 0 Å². The second-order valence-corrected chi connectivity index (χ2v) is 10.2. The maximum Gasteiger partial charge on any atom is 0.229 e. The van der Waals surface area contributed by atoms with Crippen LogP contribution in [0.1, 0.15) is 35.4 Å². The fraction of sp³-hybridized carbons (Fsp3) is 0.519. The lowest BCUT2D eigenvalue weighted by atomic mass is 9.95. The smallest absolute Gasteiger partial charge is 0.229 e. The average molecular weight is 581 g/mol. The van der Waals surface area contributed by atoms with Crippen LogP contribution >= 0.6 is 0 Å². The van der Waals surface area contributed by atoms with E-state index < -0.39 is 85.7 Å². The number of carbonyl (C=O) groups is 1. The van der Waals surface area contributed by atoms with Crippen LogP contribution in [0.5, 0.6) is 23.0 Å². The van der Waals surface area contributed by atoms with Crippen LogP contribution in [-0.4, -0.2) is 115 Å². The Kier molecular flexibility index (Phi) is 8.39. The van der Waals surface area contributed by atoms with Crippen LogP contribution in [0.4, 0.5) is 0 Å². The Hall–Kier alpha value is -3.05. The Morgan fingerprint density at radius 1 is 0.878 bits per heavy atom. The van der Waals surface area contributed by atoms with Gasteiger partial charge in [0, 0.05) is 12.1 Å². The first-order valence-corrected chi connectivity index (χ1v) is 13.0. The number of aliphatic hydroxyl groups is 6. The van der Waals surface area contributed by atoms with Crippen LogP contribution < -0.4 is 9.47 Å². The molecule has 8 N–H and O–H groups in total. The summed E-state index contributed by atoms with van der Waals surface area (Å²) in [4.78, 5) is 12.9. The highest BCUT2D eigenvalue weighted by molar-refractivity contribution is 6.02. The second-order valence-electron chi connectivity index (χ2n) is 10.2. The first kappa shape index (κ1) is 29.4. The van der Waals surface area contributed by atoms with Crippen molar-refractivity contribution in [3.63, 3.8) is 0 Å². The zero-order valence-electron chi connectivity index (χ0n) is 21.8. The van der Waals surface area contributed by atoms with Gasteiger partial charge < -0.3 is 64.5 Å². The van der Waals surface area contributed by atoms with Gasteiger partial charge >= 0.3 is 0 Å². The average Bonchev–Trinajstić information content (AvgIpc) is 2.94. The molecule has 14 nitrogen and oxygen atoms in total. The van der Waals surface area contributed by atoms with Gasteiger partial charge in [-0.15, -0.1) is 0 Å². The standard InChI is InChI=1S/C27H32O14/c1-10-20(32)22(34)24(36)26(37-10)41-25-23(35)21(33)18(9-28)40-27(25)38-13-6-14(30)19-15(31)8-16(39-17(19)7-13)11-2-4-12(29)5-3-11/h2-7,10,16,18,20-30,32-36H,8-9H2,1H3/t10-,16-,18-,20-,21+,22-,23+,24-,25+,26-,27-/m0/s1. The molecule has 224 valence electrons. The number of phenols is 2. The summed E-state index contributed by atoms with van der Waals surface area (Å²) in [7, 11) is 0. The zero-order valence-corrected chi connectivity index (χ0v) is 21.8. The molecule has 2 aromatic rings. The molecular formula is C27H32O14. The summed E-state index contributed by atoms with van der Waals surface area (Å²) in [6.45, 7) is 0.716. The highest BCUT2D eigenvalue weighted by Crippen LogP contribution is 2.43. The predicted molar refractivity (Wildman–Crippen MR) is 134 cm³/mol. The molecule has 3 heterocycles. The topological polar surface area (TPSA) is 225 Å². The van der Waals surface area contributed by atoms with Crippen LogP contribution in [0.25, 0.3) is 0 Å². The molecule has 14 heteroatoms. The summed E-state index contributed by atoms with van der Waals surface area (Å²) in [5.74, 6) is -0.947. The third kappa shape index (κ3) is 5.70. The molecule has 0 spiro atoms. The number of hydrogen-bond acceptors (Lipinski definition) is 14. The van der Waals surface area contributed by atoms with E-state index in [1.807, 2.05) is 0 Å². The number of ether oxygens (including phenoxy) is 5. The van der Waals surface area contributed by atoms with Gasteiger partial charge in [0.05, 0.1) is 19.1 Å². The lowest BCUT2D eigenvalue weighted by molar-refractivity contribution is -0.354. The maximum atomic E-state index is 12.9. The number of phenolic OH excluding ortho intramolecular Hbond substituents is 2. The van der Waals surface area contributed by atoms with E-state index in [1.54, 1.807) is 12.1 Å². The number of carbonyl (C=O) groups excluding carboxylic acids is 1. The summed E-state index contributed by atoms with van der Waals surface area (Å²) < 4.78 is 28.6. The van der Waals surface area contributed by atoms with E-state index in [-0.39, 0.29) is 29.2 Å². The summed E-state index contributed by atoms with van der Waals surface area (Å²) in [5.41, 5.74) is 0.529. The van der Waals surface area contributed by atoms with Gasteiger partial charge in [-0.3, -0.25) is 4.79 Å². The van der Waals surface area contributed by atoms with Crippen LogP contribution in [0, 0.1) is 0 Å². The van der Waals surface area contributed by atoms with Crippen molar-refractivity contribution < 1.29 is 69.3 Å². The highest BCUT2D eigenvalue weighted by Gasteiger charge is 2.51. The molecule has 11 atom stereocenters. The van der Waals surface area contributed by atoms with E-state index in [1.165, 1.54) is 25.1 Å². The van der Waals surface area contributed by atoms with Gasteiger partial charge in [-0.05, 0) is 24.6 Å². The molecule has 3 aliphatic rings. The van der Waals surface area contributed by atoms with Crippen LogP contribution in [0.15, 0.2) is 36.4 Å². The van der Waals surface area contributed by atoms with E-state index in [0.717, 1.165) is 6.07 Å². The van der Waals surface area contributed by atoms with Gasteiger partial charge in [0.1, 0.15) is 71.3 Å². The van der Waals surface area contributed by atoms with Crippen molar-refractivity contribution in [2.24, 2.45) is 0 Å². The van der Waals surface area contributed by atoms with E-state index in [2.05, 4.69) is 0 Å². The van der Waals surface area contributed by atoms with Gasteiger partial charge in [0.15, 0.2) is 18.2 Å². The molecule has 0 saturated carbocycles. The van der Waals surface area contributed by atoms with Crippen molar-refractivity contribution in [1.82, 2.24) is 0 Å². The molecule has 0 amide bonds. The molecule has 2 saturated heterocycles. The SMILES string of the molecule is C[C@@H]1O[C@@H](O[C@H]2[C@@H](Oc3cc(O)c4c(c3)O[C@H](c3ccc(O)cc3)CC4=O)O[C@@H](CO)[C@@H](O)[C@H]2O)[C@@H](O)[C@@H](O)[C@H]1O. The minimum absolute atomic E-state index is 0.0149. The van der Waals surface area contributed by atoms with Gasteiger partial charge in [-0.2, -0.15) is 0 Å². The highest BCUT2D eigenvalue weighted by atomic mass is 16.8. The largest absolute Gasteiger partial charge is 0.508 e. The molecule has 0 aromatic heterocycles. The minimum atomic E-state index is -1.75. The minimum Gasteiger partial charge on any atom is -0.508 e. The lowest BCUT2D eigenvalue weighted by Crippen LogP contribution is -2.64. The van der Waals surface area contributed by atoms with E-state index in [0.29, 0.717) is 5.56 Å². The van der Waals surface area contributed by atoms with Crippen molar-refractivity contribution in [3.05, 3.63) is 47.5 Å². The summed E-state index contributed by atoms with van der Waals surface area (Å²) >= 11 is 0. The number of aliphatic hydroxyl groups excluding tert-OH is 6. The molecule has 0 bridgehead atoms. The first-order chi connectivity index (χ1) is 19.5. The molecule has 0 aliphatic carbocycles. The summed E-state index contributed by atoms with van der Waals surface area (Å²) in [5, 5.41) is 81.6. The number of Topliss-reactive ketones (excluding diaryl/α,β-unsaturated/α-hetero) is 1. The number of rotatable bonds is 6. The molecule has 2 aromatic carbocycles. The fourth-order valence-corrected chi connectivity index (χ4v) is 5.07.